The number of methoxy groups -OCH3 is 1. The number of benzene rings is 1. The molecule has 3 aromatic rings. The van der Waals surface area contributed by atoms with Crippen molar-refractivity contribution in [2.45, 2.75) is 35.9 Å². The van der Waals surface area contributed by atoms with Gasteiger partial charge >= 0.3 is 16.6 Å². The smallest absolute Gasteiger partial charge is 0.404 e. The predicted molar refractivity (Wildman–Crippen MR) is 143 cm³/mol. The van der Waals surface area contributed by atoms with Crippen molar-refractivity contribution in [3.63, 3.8) is 0 Å². The normalized spacial score (nSPS) is 19.1. The van der Waals surface area contributed by atoms with Crippen molar-refractivity contribution in [3.8, 4) is 11.9 Å². The van der Waals surface area contributed by atoms with Gasteiger partial charge in [0.25, 0.3) is 11.8 Å². The zero-order valence-corrected chi connectivity index (χ0v) is 23.6. The molecule has 2 amide bonds. The van der Waals surface area contributed by atoms with Crippen molar-refractivity contribution in [3.05, 3.63) is 72.7 Å². The zero-order chi connectivity index (χ0) is 33.3. The average molecular weight is 667 g/mol. The molecule has 1 aliphatic heterocycles. The van der Waals surface area contributed by atoms with Crippen LogP contribution in [0, 0.1) is 11.5 Å². The molecule has 3 heterocycles. The lowest BCUT2D eigenvalue weighted by Crippen LogP contribution is -2.49. The monoisotopic (exact) mass is 666 g/mol. The zero-order valence-electron chi connectivity index (χ0n) is 22.8. The fourth-order valence-electron chi connectivity index (χ4n) is 4.54. The number of rotatable bonds is 9. The van der Waals surface area contributed by atoms with Gasteiger partial charge in [-0.05, 0) is 42.5 Å². The van der Waals surface area contributed by atoms with E-state index in [9.17, 15) is 47.5 Å². The highest BCUT2D eigenvalue weighted by molar-refractivity contribution is 8.45. The maximum absolute atomic E-state index is 14.1. The van der Waals surface area contributed by atoms with E-state index < -0.39 is 62.9 Å². The van der Waals surface area contributed by atoms with Crippen LogP contribution in [0.25, 0.3) is 0 Å². The molecule has 3 atom stereocenters. The lowest BCUT2D eigenvalue weighted by molar-refractivity contribution is -0.274. The number of carbonyl (C=O) groups is 2. The number of hydrogen-bond acceptors (Lipinski definition) is 8. The van der Waals surface area contributed by atoms with Crippen molar-refractivity contribution in [2.75, 3.05) is 23.9 Å². The summed E-state index contributed by atoms with van der Waals surface area (Å²) in [6.45, 7) is -0.0412. The highest BCUT2D eigenvalue weighted by Gasteiger charge is 2.65. The minimum absolute atomic E-state index is 0.0121. The molecule has 1 saturated heterocycles. The van der Waals surface area contributed by atoms with Crippen molar-refractivity contribution in [1.29, 1.82) is 5.26 Å². The van der Waals surface area contributed by atoms with Crippen LogP contribution in [0.4, 0.5) is 44.1 Å². The molecule has 242 valence electrons. The SMILES string of the molecule is COC1CC(C(=O)N(c2ccc(S(F)(F)(F)(F)F)cc2)C(C(=O)Nc2ccc(OC(F)(F)F)cn2)c2cccnc2)N(C#N)C1. The first-order valence-corrected chi connectivity index (χ1v) is 14.5. The standard InChI is InChI=1S/C26H22F8N6O4S/c1-43-19-11-21(39(14-19)15-35)25(42)40(17-4-7-20(8-5-17)45(30,31,32,33)34)23(16-3-2-10-36-12-16)24(41)38-22-9-6-18(13-37-22)44-26(27,28)29/h2-10,12-13,19,21,23H,11,14H2,1H3,(H,37,38,41). The van der Waals surface area contributed by atoms with Gasteiger partial charge in [0.15, 0.2) is 6.19 Å². The molecule has 0 spiro atoms. The van der Waals surface area contributed by atoms with Gasteiger partial charge in [0.05, 0.1) is 18.8 Å². The van der Waals surface area contributed by atoms with Crippen LogP contribution in [-0.4, -0.2) is 58.8 Å². The fourth-order valence-corrected chi connectivity index (χ4v) is 5.19. The van der Waals surface area contributed by atoms with Crippen LogP contribution in [0.5, 0.6) is 5.75 Å². The second-order valence-electron chi connectivity index (χ2n) is 9.64. The summed E-state index contributed by atoms with van der Waals surface area (Å²) < 4.78 is 114. The largest absolute Gasteiger partial charge is 0.573 e. The molecule has 3 unspecified atom stereocenters. The topological polar surface area (TPSA) is 121 Å². The lowest BCUT2D eigenvalue weighted by Gasteiger charge is -2.41. The Morgan fingerprint density at radius 3 is 2.29 bits per heavy atom. The van der Waals surface area contributed by atoms with Crippen LogP contribution in [0.1, 0.15) is 18.0 Å². The summed E-state index contributed by atoms with van der Waals surface area (Å²) >= 11 is 0. The summed E-state index contributed by atoms with van der Waals surface area (Å²) in [5.41, 5.74) is -0.447. The summed E-state index contributed by atoms with van der Waals surface area (Å²) in [5, 5.41) is 12.0. The number of nitrogens with one attached hydrogen (secondary N) is 1. The number of carbonyl (C=O) groups excluding carboxylic acids is 2. The molecule has 1 N–H and O–H groups in total. The number of halogens is 8. The average Bonchev–Trinajstić information content (AvgIpc) is 3.39. The van der Waals surface area contributed by atoms with Crippen LogP contribution in [0.2, 0.25) is 0 Å². The second-order valence-corrected chi connectivity index (χ2v) is 12.0. The van der Waals surface area contributed by atoms with Gasteiger partial charge in [-0.15, -0.1) is 13.2 Å². The van der Waals surface area contributed by atoms with Gasteiger partial charge in [-0.2, -0.15) is 5.26 Å². The van der Waals surface area contributed by atoms with Crippen LogP contribution in [0.15, 0.2) is 72.0 Å². The van der Waals surface area contributed by atoms with Gasteiger partial charge in [0.2, 0.25) is 0 Å². The van der Waals surface area contributed by atoms with Crippen LogP contribution < -0.4 is 15.0 Å². The number of alkyl halides is 3. The van der Waals surface area contributed by atoms with E-state index in [0.717, 1.165) is 28.1 Å². The van der Waals surface area contributed by atoms with E-state index in [-0.39, 0.29) is 36.5 Å². The Hall–Kier alpha value is -4.70. The van der Waals surface area contributed by atoms with Crippen molar-refractivity contribution >= 4 is 33.5 Å². The summed E-state index contributed by atoms with van der Waals surface area (Å²) in [4.78, 5) is 35.0. The Kier molecular flexibility index (Phi) is 8.37. The molecule has 0 radical (unpaired) electrons. The molecule has 19 heteroatoms. The highest BCUT2D eigenvalue weighted by Crippen LogP contribution is 3.02. The highest BCUT2D eigenvalue weighted by atomic mass is 32.5. The van der Waals surface area contributed by atoms with E-state index in [0.29, 0.717) is 18.3 Å². The summed E-state index contributed by atoms with van der Waals surface area (Å²) in [5.74, 6) is -3.08. The Morgan fingerprint density at radius 1 is 1.09 bits per heavy atom. The number of nitrogens with zero attached hydrogens (tertiary/aromatic N) is 5. The number of ether oxygens (including phenoxy) is 2. The minimum Gasteiger partial charge on any atom is -0.404 e. The Morgan fingerprint density at radius 2 is 1.78 bits per heavy atom. The maximum Gasteiger partial charge on any atom is 0.573 e. The van der Waals surface area contributed by atoms with E-state index in [2.05, 4.69) is 20.0 Å². The van der Waals surface area contributed by atoms with Crippen molar-refractivity contribution < 1.29 is 51.7 Å². The van der Waals surface area contributed by atoms with Crippen LogP contribution >= 0.6 is 10.2 Å². The molecule has 0 aliphatic carbocycles. The Bertz CT molecular complexity index is 1590. The number of likely N-dealkylation sites (tertiary alicyclic amines) is 1. The second kappa shape index (κ2) is 11.3. The molecular formula is C26H22F8N6O4S. The maximum atomic E-state index is 14.1. The third-order valence-electron chi connectivity index (χ3n) is 6.54. The van der Waals surface area contributed by atoms with E-state index >= 15 is 0 Å². The van der Waals surface area contributed by atoms with Gasteiger partial charge in [-0.1, -0.05) is 25.5 Å². The molecule has 45 heavy (non-hydrogen) atoms. The quantitative estimate of drug-likeness (QED) is 0.208. The summed E-state index contributed by atoms with van der Waals surface area (Å²) in [6, 6.07) is 2.70. The third kappa shape index (κ3) is 8.07. The van der Waals surface area contributed by atoms with Gasteiger partial charge in [0, 0.05) is 37.2 Å². The molecule has 10 nitrogen and oxygen atoms in total. The summed E-state index contributed by atoms with van der Waals surface area (Å²) in [6.07, 6.45) is -0.788. The van der Waals surface area contributed by atoms with Crippen molar-refractivity contribution in [1.82, 2.24) is 14.9 Å². The molecular weight excluding hydrogens is 644 g/mol. The first-order valence-electron chi connectivity index (χ1n) is 12.6. The fraction of sp³-hybridized carbons (Fsp3) is 0.269. The number of aromatic nitrogens is 2. The third-order valence-corrected chi connectivity index (χ3v) is 7.70. The molecule has 1 fully saturated rings. The predicted octanol–water partition coefficient (Wildman–Crippen LogP) is 6.32. The molecule has 4 rings (SSSR count). The van der Waals surface area contributed by atoms with Gasteiger partial charge < -0.3 is 14.8 Å². The van der Waals surface area contributed by atoms with E-state index in [1.165, 1.54) is 25.4 Å². The molecule has 1 aromatic carbocycles. The number of hydrogen-bond donors (Lipinski definition) is 1. The molecule has 0 saturated carbocycles. The van der Waals surface area contributed by atoms with Gasteiger partial charge in [-0.25, -0.2) is 4.98 Å². The molecule has 0 bridgehead atoms. The van der Waals surface area contributed by atoms with E-state index in [1.807, 2.05) is 6.19 Å². The number of nitriles is 1. The number of anilines is 2. The molecule has 2 aromatic heterocycles. The molecule has 1 aliphatic rings. The first-order chi connectivity index (χ1) is 20.8. The Balaban J connectivity index is 1.81. The lowest BCUT2D eigenvalue weighted by atomic mass is 10.0. The Labute approximate surface area is 249 Å². The number of amides is 2. The van der Waals surface area contributed by atoms with Crippen molar-refractivity contribution in [2.24, 2.45) is 0 Å². The summed E-state index contributed by atoms with van der Waals surface area (Å²) in [7, 11) is -8.80. The minimum atomic E-state index is -10.1. The van der Waals surface area contributed by atoms with E-state index in [4.69, 9.17) is 4.74 Å². The number of pyridine rings is 2. The first kappa shape index (κ1) is 33.2. The van der Waals surface area contributed by atoms with Gasteiger partial charge in [-0.3, -0.25) is 24.4 Å². The van der Waals surface area contributed by atoms with Gasteiger partial charge in [0.1, 0.15) is 28.5 Å². The van der Waals surface area contributed by atoms with E-state index in [1.54, 1.807) is 0 Å². The van der Waals surface area contributed by atoms with Crippen LogP contribution in [0.3, 0.4) is 0 Å². The van der Waals surface area contributed by atoms with Crippen LogP contribution in [-0.2, 0) is 14.3 Å².